The molecule has 28 heavy (non-hydrogen) atoms. The highest BCUT2D eigenvalue weighted by molar-refractivity contribution is 6.00. The van der Waals surface area contributed by atoms with Crippen molar-refractivity contribution >= 4 is 33.6 Å². The van der Waals surface area contributed by atoms with Crippen LogP contribution in [0.2, 0.25) is 0 Å². The maximum absolute atomic E-state index is 13.1. The number of fused-ring (bicyclic) bond motifs is 2. The third kappa shape index (κ3) is 2.50. The van der Waals surface area contributed by atoms with E-state index < -0.39 is 35.4 Å². The first-order chi connectivity index (χ1) is 13.4. The van der Waals surface area contributed by atoms with E-state index in [1.807, 2.05) is 0 Å². The molecule has 2 heterocycles. The highest BCUT2D eigenvalue weighted by Crippen LogP contribution is 2.31. The minimum atomic E-state index is -1.51. The molecule has 0 saturated carbocycles. The number of nitrogens with zero attached hydrogens (tertiary/aromatic N) is 1. The molecule has 0 saturated heterocycles. The largest absolute Gasteiger partial charge is 0.505 e. The van der Waals surface area contributed by atoms with Crippen LogP contribution in [-0.2, 0) is 11.2 Å². The molecule has 0 aliphatic rings. The van der Waals surface area contributed by atoms with Crippen molar-refractivity contribution in [3.8, 4) is 11.6 Å². The maximum Gasteiger partial charge on any atom is 0.356 e. The standard InChI is InChI=1S/C20H14N2O6/c23-15(24)9-13-10-5-3-4-8-14(10)21-18(13)22-16(20(27)28)17(25)11-6-1-2-7-12(11)19(22)26/h1-8,21,25H,9H2,(H,23,24)(H,27,28). The van der Waals surface area contributed by atoms with E-state index in [9.17, 15) is 29.7 Å². The molecule has 0 fully saturated rings. The quantitative estimate of drug-likeness (QED) is 0.431. The lowest BCUT2D eigenvalue weighted by Gasteiger charge is -2.14. The number of aliphatic carboxylic acids is 1. The van der Waals surface area contributed by atoms with Gasteiger partial charge in [0, 0.05) is 21.9 Å². The van der Waals surface area contributed by atoms with E-state index in [0.717, 1.165) is 4.57 Å². The molecular weight excluding hydrogens is 364 g/mol. The van der Waals surface area contributed by atoms with Gasteiger partial charge in [-0.1, -0.05) is 36.4 Å². The first-order valence-electron chi connectivity index (χ1n) is 8.32. The summed E-state index contributed by atoms with van der Waals surface area (Å²) in [5.41, 5.74) is -0.516. The van der Waals surface area contributed by atoms with Crippen LogP contribution in [0.25, 0.3) is 27.5 Å². The number of carbonyl (C=O) groups is 2. The average Bonchev–Trinajstić information content (AvgIpc) is 3.02. The van der Waals surface area contributed by atoms with Gasteiger partial charge < -0.3 is 20.3 Å². The molecule has 0 spiro atoms. The number of aromatic hydroxyl groups is 1. The number of benzene rings is 2. The van der Waals surface area contributed by atoms with Gasteiger partial charge in [-0.15, -0.1) is 0 Å². The third-order valence-electron chi connectivity index (χ3n) is 4.61. The van der Waals surface area contributed by atoms with Crippen LogP contribution in [0.3, 0.4) is 0 Å². The number of pyridine rings is 1. The minimum absolute atomic E-state index is 0.00653. The van der Waals surface area contributed by atoms with Gasteiger partial charge >= 0.3 is 11.9 Å². The number of para-hydroxylation sites is 1. The molecule has 8 heteroatoms. The molecule has 0 aliphatic carbocycles. The van der Waals surface area contributed by atoms with Crippen molar-refractivity contribution in [1.82, 2.24) is 9.55 Å². The molecule has 8 nitrogen and oxygen atoms in total. The van der Waals surface area contributed by atoms with Crippen LogP contribution in [0.4, 0.5) is 0 Å². The molecule has 0 radical (unpaired) electrons. The minimum Gasteiger partial charge on any atom is -0.505 e. The number of aromatic nitrogens is 2. The lowest BCUT2D eigenvalue weighted by Crippen LogP contribution is -2.26. The molecule has 4 rings (SSSR count). The van der Waals surface area contributed by atoms with Gasteiger partial charge in [-0.3, -0.25) is 14.2 Å². The van der Waals surface area contributed by atoms with E-state index >= 15 is 0 Å². The van der Waals surface area contributed by atoms with Gasteiger partial charge in [-0.25, -0.2) is 4.79 Å². The Kier molecular flexibility index (Phi) is 3.89. The smallest absolute Gasteiger partial charge is 0.356 e. The highest BCUT2D eigenvalue weighted by atomic mass is 16.4. The molecule has 0 aliphatic heterocycles. The molecule has 0 atom stereocenters. The summed E-state index contributed by atoms with van der Waals surface area (Å²) in [6, 6.07) is 12.9. The number of rotatable bonds is 4. The number of hydrogen-bond donors (Lipinski definition) is 4. The molecule has 140 valence electrons. The van der Waals surface area contributed by atoms with Crippen LogP contribution in [-0.4, -0.2) is 36.8 Å². The zero-order chi connectivity index (χ0) is 20.0. The molecular formula is C20H14N2O6. The number of hydrogen-bond acceptors (Lipinski definition) is 4. The Hall–Kier alpha value is -4.07. The van der Waals surface area contributed by atoms with Gasteiger partial charge in [-0.05, 0) is 12.1 Å². The first-order valence-corrected chi connectivity index (χ1v) is 8.32. The van der Waals surface area contributed by atoms with Crippen LogP contribution in [0.5, 0.6) is 5.75 Å². The fourth-order valence-corrected chi connectivity index (χ4v) is 3.45. The van der Waals surface area contributed by atoms with Crippen molar-refractivity contribution in [2.45, 2.75) is 6.42 Å². The van der Waals surface area contributed by atoms with E-state index in [-0.39, 0.29) is 22.2 Å². The van der Waals surface area contributed by atoms with Gasteiger partial charge in [0.05, 0.1) is 11.8 Å². The summed E-state index contributed by atoms with van der Waals surface area (Å²) in [7, 11) is 0. The van der Waals surface area contributed by atoms with Gasteiger partial charge in [0.25, 0.3) is 5.56 Å². The lowest BCUT2D eigenvalue weighted by atomic mass is 10.1. The predicted molar refractivity (Wildman–Crippen MR) is 101 cm³/mol. The van der Waals surface area contributed by atoms with E-state index in [4.69, 9.17) is 0 Å². The number of aromatic carboxylic acids is 1. The van der Waals surface area contributed by atoms with E-state index in [2.05, 4.69) is 4.98 Å². The van der Waals surface area contributed by atoms with Crippen LogP contribution in [0, 0.1) is 0 Å². The fraction of sp³-hybridized carbons (Fsp3) is 0.0500. The van der Waals surface area contributed by atoms with E-state index in [0.29, 0.717) is 10.9 Å². The zero-order valence-electron chi connectivity index (χ0n) is 14.3. The predicted octanol–water partition coefficient (Wildman–Crippen LogP) is 2.50. The van der Waals surface area contributed by atoms with Gasteiger partial charge in [0.1, 0.15) is 5.82 Å². The summed E-state index contributed by atoms with van der Waals surface area (Å²) < 4.78 is 0.832. The normalized spacial score (nSPS) is 11.1. The van der Waals surface area contributed by atoms with Gasteiger partial charge in [0.2, 0.25) is 0 Å². The van der Waals surface area contributed by atoms with Crippen molar-refractivity contribution in [1.29, 1.82) is 0 Å². The summed E-state index contributed by atoms with van der Waals surface area (Å²) in [6.07, 6.45) is -0.432. The molecule has 0 unspecified atom stereocenters. The summed E-state index contributed by atoms with van der Waals surface area (Å²) in [6.45, 7) is 0. The summed E-state index contributed by atoms with van der Waals surface area (Å²) in [5.74, 6) is -3.21. The van der Waals surface area contributed by atoms with Crippen molar-refractivity contribution in [2.24, 2.45) is 0 Å². The Balaban J connectivity index is 2.20. The number of aromatic amines is 1. The maximum atomic E-state index is 13.1. The van der Waals surface area contributed by atoms with E-state index in [1.54, 1.807) is 36.4 Å². The second-order valence-electron chi connectivity index (χ2n) is 6.26. The lowest BCUT2D eigenvalue weighted by molar-refractivity contribution is -0.136. The van der Waals surface area contributed by atoms with E-state index in [1.165, 1.54) is 12.1 Å². The first kappa shape index (κ1) is 17.3. The Bertz CT molecular complexity index is 1330. The molecule has 0 bridgehead atoms. The second kappa shape index (κ2) is 6.27. The molecule has 4 aromatic rings. The Morgan fingerprint density at radius 2 is 1.54 bits per heavy atom. The van der Waals surface area contributed by atoms with Crippen LogP contribution in [0.1, 0.15) is 16.1 Å². The van der Waals surface area contributed by atoms with Crippen molar-refractivity contribution < 1.29 is 24.9 Å². The number of nitrogens with one attached hydrogen (secondary N) is 1. The van der Waals surface area contributed by atoms with Gasteiger partial charge in [0.15, 0.2) is 11.4 Å². The number of H-pyrrole nitrogens is 1. The van der Waals surface area contributed by atoms with Crippen molar-refractivity contribution in [2.75, 3.05) is 0 Å². The SMILES string of the molecule is O=C(O)Cc1c(-n2c(C(=O)O)c(O)c3ccccc3c2=O)[nH]c2ccccc12. The van der Waals surface area contributed by atoms with Crippen molar-refractivity contribution in [3.63, 3.8) is 0 Å². The van der Waals surface area contributed by atoms with Crippen LogP contribution >= 0.6 is 0 Å². The summed E-state index contributed by atoms with van der Waals surface area (Å²) >= 11 is 0. The third-order valence-corrected chi connectivity index (χ3v) is 4.61. The molecule has 2 aromatic carbocycles. The van der Waals surface area contributed by atoms with Crippen LogP contribution < -0.4 is 5.56 Å². The Morgan fingerprint density at radius 3 is 2.18 bits per heavy atom. The number of carboxylic acids is 2. The topological polar surface area (TPSA) is 133 Å². The van der Waals surface area contributed by atoms with Gasteiger partial charge in [-0.2, -0.15) is 0 Å². The summed E-state index contributed by atoms with van der Waals surface area (Å²) in [5, 5.41) is 30.4. The zero-order valence-corrected chi connectivity index (χ0v) is 14.3. The number of carboxylic acid groups (broad SMARTS) is 2. The molecule has 2 aromatic heterocycles. The van der Waals surface area contributed by atoms with Crippen LogP contribution in [0.15, 0.2) is 53.3 Å². The monoisotopic (exact) mass is 378 g/mol. The highest BCUT2D eigenvalue weighted by Gasteiger charge is 2.26. The Labute approximate surface area is 156 Å². The summed E-state index contributed by atoms with van der Waals surface area (Å²) in [4.78, 5) is 39.4. The Morgan fingerprint density at radius 1 is 0.929 bits per heavy atom. The molecule has 0 amide bonds. The molecule has 4 N–H and O–H groups in total. The fourth-order valence-electron chi connectivity index (χ4n) is 3.45. The second-order valence-corrected chi connectivity index (χ2v) is 6.26. The van der Waals surface area contributed by atoms with Crippen molar-refractivity contribution in [3.05, 3.63) is 70.1 Å². The average molecular weight is 378 g/mol.